The molecule has 0 heterocycles. The number of aliphatic carboxylic acids is 1. The second kappa shape index (κ2) is 6.31. The summed E-state index contributed by atoms with van der Waals surface area (Å²) in [4.78, 5) is 10.6. The molecule has 1 aromatic rings. The van der Waals surface area contributed by atoms with Crippen molar-refractivity contribution in [3.05, 3.63) is 24.3 Å². The molecular formula is C12H14F3NO3. The van der Waals surface area contributed by atoms with Gasteiger partial charge in [0.15, 0.2) is 5.92 Å². The highest BCUT2D eigenvalue weighted by Crippen LogP contribution is 2.29. The first kappa shape index (κ1) is 15.1. The predicted molar refractivity (Wildman–Crippen MR) is 63.3 cm³/mol. The maximum atomic E-state index is 12.5. The molecule has 0 aromatic heterocycles. The monoisotopic (exact) mass is 277 g/mol. The van der Waals surface area contributed by atoms with Crippen LogP contribution in [0.1, 0.15) is 6.92 Å². The van der Waals surface area contributed by atoms with Crippen molar-refractivity contribution in [3.63, 3.8) is 0 Å². The van der Waals surface area contributed by atoms with E-state index in [1.54, 1.807) is 25.1 Å². The van der Waals surface area contributed by atoms with Gasteiger partial charge < -0.3 is 15.2 Å². The van der Waals surface area contributed by atoms with Gasteiger partial charge in [0.2, 0.25) is 0 Å². The quantitative estimate of drug-likeness (QED) is 0.839. The summed E-state index contributed by atoms with van der Waals surface area (Å²) >= 11 is 0. The van der Waals surface area contributed by atoms with Gasteiger partial charge in [-0.05, 0) is 19.1 Å². The van der Waals surface area contributed by atoms with Crippen molar-refractivity contribution >= 4 is 11.7 Å². The van der Waals surface area contributed by atoms with Crippen LogP contribution in [-0.4, -0.2) is 30.4 Å². The Morgan fingerprint density at radius 2 is 2.05 bits per heavy atom. The smallest absolute Gasteiger partial charge is 0.403 e. The van der Waals surface area contributed by atoms with E-state index in [0.29, 0.717) is 18.0 Å². The second-order valence-corrected chi connectivity index (χ2v) is 3.74. The average Bonchev–Trinajstić information content (AvgIpc) is 2.29. The summed E-state index contributed by atoms with van der Waals surface area (Å²) in [5.74, 6) is -3.98. The van der Waals surface area contributed by atoms with Gasteiger partial charge in [-0.25, -0.2) is 0 Å². The number of halogens is 3. The van der Waals surface area contributed by atoms with Crippen LogP contribution in [0, 0.1) is 5.92 Å². The van der Waals surface area contributed by atoms with Gasteiger partial charge in [-0.1, -0.05) is 12.1 Å². The van der Waals surface area contributed by atoms with Crippen molar-refractivity contribution in [2.24, 2.45) is 5.92 Å². The van der Waals surface area contributed by atoms with Gasteiger partial charge in [-0.2, -0.15) is 13.2 Å². The third kappa shape index (κ3) is 4.35. The molecule has 0 spiro atoms. The van der Waals surface area contributed by atoms with Crippen LogP contribution in [0.4, 0.5) is 18.9 Å². The average molecular weight is 277 g/mol. The summed E-state index contributed by atoms with van der Waals surface area (Å²) in [6, 6.07) is 6.41. The zero-order valence-corrected chi connectivity index (χ0v) is 10.2. The standard InChI is InChI=1S/C12H14F3NO3/c1-2-19-10-6-4-3-5-9(10)16-7-8(11(17)18)12(13,14)15/h3-6,8,16H,2,7H2,1H3,(H,17,18). The summed E-state index contributed by atoms with van der Waals surface area (Å²) in [5.41, 5.74) is 0.333. The molecule has 0 fully saturated rings. The molecule has 0 aliphatic carbocycles. The molecule has 7 heteroatoms. The van der Waals surface area contributed by atoms with E-state index in [9.17, 15) is 18.0 Å². The maximum Gasteiger partial charge on any atom is 0.403 e. The van der Waals surface area contributed by atoms with Crippen LogP contribution in [0.25, 0.3) is 0 Å². The number of carboxylic acids is 1. The fourth-order valence-electron chi connectivity index (χ4n) is 1.45. The third-order valence-corrected chi connectivity index (χ3v) is 2.38. The van der Waals surface area contributed by atoms with Gasteiger partial charge in [-0.3, -0.25) is 4.79 Å². The number of carbonyl (C=O) groups is 1. The number of benzene rings is 1. The number of hydrogen-bond acceptors (Lipinski definition) is 3. The lowest BCUT2D eigenvalue weighted by molar-refractivity contribution is -0.190. The van der Waals surface area contributed by atoms with Crippen molar-refractivity contribution in [3.8, 4) is 5.75 Å². The number of rotatable bonds is 6. The normalized spacial score (nSPS) is 12.8. The molecule has 0 aliphatic rings. The Labute approximate surface area is 108 Å². The van der Waals surface area contributed by atoms with Crippen molar-refractivity contribution < 1.29 is 27.8 Å². The van der Waals surface area contributed by atoms with Crippen LogP contribution in [0.2, 0.25) is 0 Å². The Hall–Kier alpha value is -1.92. The lowest BCUT2D eigenvalue weighted by Crippen LogP contribution is -2.36. The maximum absolute atomic E-state index is 12.5. The van der Waals surface area contributed by atoms with E-state index in [0.717, 1.165) is 0 Å². The van der Waals surface area contributed by atoms with E-state index >= 15 is 0 Å². The molecule has 0 radical (unpaired) electrons. The first-order valence-corrected chi connectivity index (χ1v) is 5.61. The molecule has 0 aliphatic heterocycles. The van der Waals surface area contributed by atoms with Crippen LogP contribution in [0.3, 0.4) is 0 Å². The Morgan fingerprint density at radius 3 is 2.58 bits per heavy atom. The predicted octanol–water partition coefficient (Wildman–Crippen LogP) is 2.76. The number of ether oxygens (including phenoxy) is 1. The van der Waals surface area contributed by atoms with Crippen LogP contribution < -0.4 is 10.1 Å². The van der Waals surface area contributed by atoms with Crippen molar-refractivity contribution in [1.82, 2.24) is 0 Å². The summed E-state index contributed by atoms with van der Waals surface area (Å²) in [6.45, 7) is 1.36. The molecule has 1 unspecified atom stereocenters. The Balaban J connectivity index is 2.77. The van der Waals surface area contributed by atoms with Gasteiger partial charge in [0.1, 0.15) is 5.75 Å². The van der Waals surface area contributed by atoms with E-state index < -0.39 is 24.6 Å². The van der Waals surface area contributed by atoms with Gasteiger partial charge in [0.05, 0.1) is 12.3 Å². The number of para-hydroxylation sites is 2. The zero-order chi connectivity index (χ0) is 14.5. The lowest BCUT2D eigenvalue weighted by Gasteiger charge is -2.18. The van der Waals surface area contributed by atoms with Crippen molar-refractivity contribution in [2.75, 3.05) is 18.5 Å². The minimum Gasteiger partial charge on any atom is -0.492 e. The van der Waals surface area contributed by atoms with E-state index in [4.69, 9.17) is 9.84 Å². The molecule has 4 nitrogen and oxygen atoms in total. The number of nitrogens with one attached hydrogen (secondary N) is 1. The fraction of sp³-hybridized carbons (Fsp3) is 0.417. The summed E-state index contributed by atoms with van der Waals surface area (Å²) in [7, 11) is 0. The van der Waals surface area contributed by atoms with Crippen molar-refractivity contribution in [2.45, 2.75) is 13.1 Å². The fourth-order valence-corrected chi connectivity index (χ4v) is 1.45. The number of anilines is 1. The number of carboxylic acid groups (broad SMARTS) is 1. The molecule has 1 rings (SSSR count). The lowest BCUT2D eigenvalue weighted by atomic mass is 10.1. The Kier molecular flexibility index (Phi) is 5.02. The molecule has 0 bridgehead atoms. The van der Waals surface area contributed by atoms with Crippen molar-refractivity contribution in [1.29, 1.82) is 0 Å². The molecule has 0 saturated heterocycles. The highest BCUT2D eigenvalue weighted by Gasteiger charge is 2.44. The molecule has 0 amide bonds. The second-order valence-electron chi connectivity index (χ2n) is 3.74. The Morgan fingerprint density at radius 1 is 1.42 bits per heavy atom. The van der Waals surface area contributed by atoms with Gasteiger partial charge >= 0.3 is 12.1 Å². The van der Waals surface area contributed by atoms with E-state index in [2.05, 4.69) is 5.32 Å². The first-order chi connectivity index (χ1) is 8.86. The third-order valence-electron chi connectivity index (χ3n) is 2.38. The van der Waals surface area contributed by atoms with Gasteiger partial charge in [0, 0.05) is 6.54 Å². The number of hydrogen-bond donors (Lipinski definition) is 2. The largest absolute Gasteiger partial charge is 0.492 e. The SMILES string of the molecule is CCOc1ccccc1NCC(C(=O)O)C(F)(F)F. The Bertz CT molecular complexity index is 434. The minimum absolute atomic E-state index is 0.333. The summed E-state index contributed by atoms with van der Waals surface area (Å²) in [6.07, 6.45) is -4.79. The number of alkyl halides is 3. The van der Waals surface area contributed by atoms with Crippen LogP contribution in [0.5, 0.6) is 5.75 Å². The first-order valence-electron chi connectivity index (χ1n) is 5.61. The van der Waals surface area contributed by atoms with Crippen LogP contribution >= 0.6 is 0 Å². The highest BCUT2D eigenvalue weighted by atomic mass is 19.4. The molecular weight excluding hydrogens is 263 g/mol. The van der Waals surface area contributed by atoms with E-state index in [-0.39, 0.29) is 0 Å². The molecule has 0 saturated carbocycles. The van der Waals surface area contributed by atoms with Crippen LogP contribution in [0.15, 0.2) is 24.3 Å². The van der Waals surface area contributed by atoms with Gasteiger partial charge in [-0.15, -0.1) is 0 Å². The van der Waals surface area contributed by atoms with Gasteiger partial charge in [0.25, 0.3) is 0 Å². The minimum atomic E-state index is -4.79. The molecule has 2 N–H and O–H groups in total. The zero-order valence-electron chi connectivity index (χ0n) is 10.2. The topological polar surface area (TPSA) is 58.6 Å². The molecule has 19 heavy (non-hydrogen) atoms. The summed E-state index contributed by atoms with van der Waals surface area (Å²) in [5, 5.41) is 11.0. The summed E-state index contributed by atoms with van der Waals surface area (Å²) < 4.78 is 42.6. The van der Waals surface area contributed by atoms with Crippen LogP contribution in [-0.2, 0) is 4.79 Å². The van der Waals surface area contributed by atoms with E-state index in [1.165, 1.54) is 6.07 Å². The molecule has 1 atom stereocenters. The van der Waals surface area contributed by atoms with E-state index in [1.807, 2.05) is 0 Å². The highest BCUT2D eigenvalue weighted by molar-refractivity contribution is 5.72. The molecule has 1 aromatic carbocycles. The molecule has 106 valence electrons.